The Kier molecular flexibility index (Phi) is 4.00. The molecule has 1 atom stereocenters. The van der Waals surface area contributed by atoms with Crippen LogP contribution in [0.1, 0.15) is 12.0 Å². The number of nitrogens with one attached hydrogen (secondary N) is 1. The molecule has 1 N–H and O–H groups in total. The van der Waals surface area contributed by atoms with E-state index in [1.165, 1.54) is 0 Å². The standard InChI is InChI=1S/C20H21NO5/c1-23-14-9-12-10(5-6-13(14)22)16-15-11(7-8-21-17(12)15)18(24-2)20(26-4)19(16)25-3/h5,7,9,14,21H,6,8H2,1-4H3. The smallest absolute Gasteiger partial charge is 0.204 e. The molecule has 0 spiro atoms. The zero-order chi connectivity index (χ0) is 18.4. The van der Waals surface area contributed by atoms with Crippen molar-refractivity contribution in [1.29, 1.82) is 0 Å². The molecule has 0 radical (unpaired) electrons. The van der Waals surface area contributed by atoms with Crippen LogP contribution < -0.4 is 30.0 Å². The predicted molar refractivity (Wildman–Crippen MR) is 97.7 cm³/mol. The van der Waals surface area contributed by atoms with Gasteiger partial charge >= 0.3 is 0 Å². The lowest BCUT2D eigenvalue weighted by Crippen LogP contribution is -2.38. The van der Waals surface area contributed by atoms with Gasteiger partial charge in [-0.15, -0.1) is 0 Å². The quantitative estimate of drug-likeness (QED) is 0.849. The summed E-state index contributed by atoms with van der Waals surface area (Å²) in [6, 6.07) is 0. The molecule has 1 unspecified atom stereocenters. The zero-order valence-corrected chi connectivity index (χ0v) is 15.3. The lowest BCUT2D eigenvalue weighted by Gasteiger charge is -2.18. The normalized spacial score (nSPS) is 20.1. The summed E-state index contributed by atoms with van der Waals surface area (Å²) in [5.74, 6) is 1.85. The van der Waals surface area contributed by atoms with E-state index in [0.29, 0.717) is 30.2 Å². The third-order valence-corrected chi connectivity index (χ3v) is 5.08. The molecule has 0 saturated heterocycles. The topological polar surface area (TPSA) is 66.0 Å². The fourth-order valence-electron chi connectivity index (χ4n) is 3.99. The molecule has 136 valence electrons. The Labute approximate surface area is 151 Å². The number of rotatable bonds is 4. The maximum Gasteiger partial charge on any atom is 0.204 e. The molecule has 0 aromatic heterocycles. The SMILES string of the molecule is COc1c(OC)c2c3c(c1OC)=CCNC=3C1=CC(OC)C(=O)CC=C12. The molecule has 6 nitrogen and oxygen atoms in total. The van der Waals surface area contributed by atoms with Gasteiger partial charge in [-0.3, -0.25) is 4.79 Å². The lowest BCUT2D eigenvalue weighted by molar-refractivity contribution is -0.125. The molecule has 6 heteroatoms. The van der Waals surface area contributed by atoms with Crippen molar-refractivity contribution in [2.24, 2.45) is 0 Å². The van der Waals surface area contributed by atoms with Crippen molar-refractivity contribution in [3.63, 3.8) is 0 Å². The van der Waals surface area contributed by atoms with Crippen molar-refractivity contribution in [1.82, 2.24) is 5.32 Å². The molecule has 26 heavy (non-hydrogen) atoms. The molecular formula is C20H21NO5. The molecule has 3 aliphatic rings. The van der Waals surface area contributed by atoms with Gasteiger partial charge in [-0.1, -0.05) is 12.2 Å². The van der Waals surface area contributed by atoms with Crippen molar-refractivity contribution >= 4 is 23.1 Å². The molecular weight excluding hydrogens is 334 g/mol. The molecule has 4 rings (SSSR count). The van der Waals surface area contributed by atoms with Gasteiger partial charge in [0.15, 0.2) is 17.3 Å². The lowest BCUT2D eigenvalue weighted by atomic mass is 10.0. The zero-order valence-electron chi connectivity index (χ0n) is 15.3. The van der Waals surface area contributed by atoms with Crippen molar-refractivity contribution in [3.05, 3.63) is 33.7 Å². The molecule has 1 aliphatic heterocycles. The number of ketones is 1. The second-order valence-electron chi connectivity index (χ2n) is 6.25. The van der Waals surface area contributed by atoms with Gasteiger partial charge in [0.25, 0.3) is 0 Å². The first-order valence-corrected chi connectivity index (χ1v) is 8.45. The summed E-state index contributed by atoms with van der Waals surface area (Å²) in [6.45, 7) is 0.657. The summed E-state index contributed by atoms with van der Waals surface area (Å²) >= 11 is 0. The van der Waals surface area contributed by atoms with E-state index in [0.717, 1.165) is 32.8 Å². The monoisotopic (exact) mass is 355 g/mol. The van der Waals surface area contributed by atoms with Crippen LogP contribution in [0.15, 0.2) is 17.7 Å². The molecule has 1 aromatic carbocycles. The van der Waals surface area contributed by atoms with Crippen LogP contribution in [-0.2, 0) is 9.53 Å². The van der Waals surface area contributed by atoms with Gasteiger partial charge in [0.2, 0.25) is 5.75 Å². The largest absolute Gasteiger partial charge is 0.492 e. The van der Waals surface area contributed by atoms with Crippen LogP contribution in [0.3, 0.4) is 0 Å². The van der Waals surface area contributed by atoms with Gasteiger partial charge in [-0.05, 0) is 11.6 Å². The molecule has 2 aliphatic carbocycles. The van der Waals surface area contributed by atoms with Crippen molar-refractivity contribution in [3.8, 4) is 17.2 Å². The second kappa shape index (κ2) is 6.21. The first-order chi connectivity index (χ1) is 12.7. The third-order valence-electron chi connectivity index (χ3n) is 5.08. The van der Waals surface area contributed by atoms with Gasteiger partial charge < -0.3 is 24.3 Å². The number of fused-ring (bicyclic) bond motifs is 3. The van der Waals surface area contributed by atoms with E-state index in [1.54, 1.807) is 28.4 Å². The Bertz CT molecular complexity index is 987. The number of hydrogen-bond donors (Lipinski definition) is 1. The summed E-state index contributed by atoms with van der Waals surface area (Å²) in [4.78, 5) is 12.3. The number of benzene rings is 1. The minimum Gasteiger partial charge on any atom is -0.492 e. The van der Waals surface area contributed by atoms with E-state index < -0.39 is 6.10 Å². The molecule has 1 heterocycles. The third kappa shape index (κ3) is 2.12. The number of carbonyl (C=O) groups is 1. The summed E-state index contributed by atoms with van der Waals surface area (Å²) in [6.07, 6.45) is 5.65. The van der Waals surface area contributed by atoms with Crippen LogP contribution >= 0.6 is 0 Å². The minimum atomic E-state index is -0.563. The molecule has 0 fully saturated rings. The van der Waals surface area contributed by atoms with Crippen LogP contribution in [0.5, 0.6) is 17.2 Å². The fraction of sp³-hybridized carbons (Fsp3) is 0.350. The molecule has 0 bridgehead atoms. The van der Waals surface area contributed by atoms with Crippen molar-refractivity contribution < 1.29 is 23.7 Å². The molecule has 0 saturated carbocycles. The number of allylic oxidation sites excluding steroid dienone is 1. The van der Waals surface area contributed by atoms with Crippen molar-refractivity contribution in [2.45, 2.75) is 12.5 Å². The highest BCUT2D eigenvalue weighted by Gasteiger charge is 2.35. The number of Topliss-reactive ketones (excluding diaryl/α,β-unsaturated/α-hetero) is 1. The highest BCUT2D eigenvalue weighted by molar-refractivity contribution is 6.05. The number of carbonyl (C=O) groups excluding carboxylic acids is 1. The summed E-state index contributed by atoms with van der Waals surface area (Å²) in [5.41, 5.74) is 3.82. The fourth-order valence-corrected chi connectivity index (χ4v) is 3.99. The van der Waals surface area contributed by atoms with E-state index in [-0.39, 0.29) is 5.78 Å². The van der Waals surface area contributed by atoms with Gasteiger partial charge in [-0.2, -0.15) is 0 Å². The average molecular weight is 355 g/mol. The highest BCUT2D eigenvalue weighted by atomic mass is 16.5. The van der Waals surface area contributed by atoms with Crippen LogP contribution in [-0.4, -0.2) is 46.9 Å². The van der Waals surface area contributed by atoms with E-state index >= 15 is 0 Å². The van der Waals surface area contributed by atoms with Gasteiger partial charge in [0.05, 0.1) is 27.0 Å². The number of ether oxygens (including phenoxy) is 4. The van der Waals surface area contributed by atoms with Crippen molar-refractivity contribution in [2.75, 3.05) is 35.0 Å². The second-order valence-corrected chi connectivity index (χ2v) is 6.25. The Morgan fingerprint density at radius 1 is 0.962 bits per heavy atom. The highest BCUT2D eigenvalue weighted by Crippen LogP contribution is 2.45. The average Bonchev–Trinajstić information content (AvgIpc) is 2.87. The number of methoxy groups -OCH3 is 4. The Morgan fingerprint density at radius 2 is 1.69 bits per heavy atom. The molecule has 0 amide bonds. The summed E-state index contributed by atoms with van der Waals surface area (Å²) in [7, 11) is 6.39. The Hall–Kier alpha value is -2.73. The Morgan fingerprint density at radius 3 is 2.35 bits per heavy atom. The maximum absolute atomic E-state index is 12.3. The van der Waals surface area contributed by atoms with Crippen LogP contribution in [0.25, 0.3) is 17.3 Å². The van der Waals surface area contributed by atoms with Crippen LogP contribution in [0, 0.1) is 0 Å². The van der Waals surface area contributed by atoms with Crippen LogP contribution in [0.2, 0.25) is 0 Å². The Balaban J connectivity index is 2.15. The van der Waals surface area contributed by atoms with E-state index in [9.17, 15) is 4.79 Å². The minimum absolute atomic E-state index is 0.0334. The first-order valence-electron chi connectivity index (χ1n) is 8.45. The van der Waals surface area contributed by atoms with E-state index in [1.807, 2.05) is 12.2 Å². The summed E-state index contributed by atoms with van der Waals surface area (Å²) in [5, 5.41) is 5.43. The first kappa shape index (κ1) is 16.7. The predicted octanol–water partition coefficient (Wildman–Crippen LogP) is 0.515. The van der Waals surface area contributed by atoms with Crippen LogP contribution in [0.4, 0.5) is 0 Å². The van der Waals surface area contributed by atoms with E-state index in [4.69, 9.17) is 18.9 Å². The van der Waals surface area contributed by atoms with Gasteiger partial charge in [0.1, 0.15) is 6.10 Å². The van der Waals surface area contributed by atoms with Gasteiger partial charge in [-0.25, -0.2) is 0 Å². The maximum atomic E-state index is 12.3. The van der Waals surface area contributed by atoms with E-state index in [2.05, 4.69) is 11.4 Å². The number of hydrogen-bond acceptors (Lipinski definition) is 6. The summed E-state index contributed by atoms with van der Waals surface area (Å²) < 4.78 is 22.4. The molecule has 1 aromatic rings. The van der Waals surface area contributed by atoms with Gasteiger partial charge in [0, 0.05) is 41.6 Å².